The van der Waals surface area contributed by atoms with Gasteiger partial charge >= 0.3 is 0 Å². The number of carbonyl (C=O) groups excluding carboxylic acids is 1. The standard InChI is InChI=1S/C28H35ClN4O3/c1-4-33(18-21-11-23(29)14-24(34)12-21)27(36)13-19-6-5-7-20(10-19)15-28(2,3)32-17-25(35)22-8-9-26(30)31-16-22/h5-12,14,16,25,32,34-35H,4,13,15,17-18H2,1-3H3,(H2,30,31)/t25-/m0/s1. The Balaban J connectivity index is 1.59. The third kappa shape index (κ3) is 8.22. The van der Waals surface area contributed by atoms with Gasteiger partial charge in [-0.1, -0.05) is 41.9 Å². The third-order valence-corrected chi connectivity index (χ3v) is 6.23. The van der Waals surface area contributed by atoms with Crippen molar-refractivity contribution in [2.45, 2.75) is 51.8 Å². The van der Waals surface area contributed by atoms with E-state index in [2.05, 4.69) is 30.2 Å². The average molecular weight is 511 g/mol. The Morgan fingerprint density at radius 2 is 1.89 bits per heavy atom. The van der Waals surface area contributed by atoms with Crippen molar-refractivity contribution in [3.63, 3.8) is 0 Å². The summed E-state index contributed by atoms with van der Waals surface area (Å²) in [5.41, 5.74) is 8.87. The summed E-state index contributed by atoms with van der Waals surface area (Å²) in [5.74, 6) is 0.512. The van der Waals surface area contributed by atoms with E-state index in [0.717, 1.165) is 23.1 Å². The van der Waals surface area contributed by atoms with Crippen LogP contribution in [0, 0.1) is 0 Å². The number of amides is 1. The molecule has 0 aliphatic carbocycles. The van der Waals surface area contributed by atoms with Gasteiger partial charge in [-0.05, 0) is 68.1 Å². The van der Waals surface area contributed by atoms with Crippen LogP contribution in [0.3, 0.4) is 0 Å². The number of aliphatic hydroxyl groups is 1. The number of likely N-dealkylation sites (N-methyl/N-ethyl adjacent to an activating group) is 1. The van der Waals surface area contributed by atoms with Crippen LogP contribution in [0.1, 0.15) is 49.1 Å². The normalized spacial score (nSPS) is 12.4. The van der Waals surface area contributed by atoms with Crippen molar-refractivity contribution in [2.75, 3.05) is 18.8 Å². The molecule has 3 rings (SSSR count). The SMILES string of the molecule is CCN(Cc1cc(O)cc(Cl)c1)C(=O)Cc1cccc(CC(C)(C)NC[C@H](O)c2ccc(N)nc2)c1. The first-order chi connectivity index (χ1) is 17.0. The van der Waals surface area contributed by atoms with Gasteiger partial charge in [0, 0.05) is 42.0 Å². The smallest absolute Gasteiger partial charge is 0.227 e. The summed E-state index contributed by atoms with van der Waals surface area (Å²) in [4.78, 5) is 18.8. The van der Waals surface area contributed by atoms with E-state index in [4.69, 9.17) is 17.3 Å². The Labute approximate surface area is 217 Å². The van der Waals surface area contributed by atoms with Crippen LogP contribution < -0.4 is 11.1 Å². The molecule has 8 heteroatoms. The van der Waals surface area contributed by atoms with E-state index < -0.39 is 6.10 Å². The highest BCUT2D eigenvalue weighted by atomic mass is 35.5. The Kier molecular flexibility index (Phi) is 9.31. The molecule has 2 aromatic carbocycles. The zero-order valence-corrected chi connectivity index (χ0v) is 21.8. The van der Waals surface area contributed by atoms with E-state index in [-0.39, 0.29) is 23.6 Å². The fraction of sp³-hybridized carbons (Fsp3) is 0.357. The average Bonchev–Trinajstić information content (AvgIpc) is 2.81. The number of phenolic OH excluding ortho intramolecular Hbond substituents is 1. The van der Waals surface area contributed by atoms with Gasteiger partial charge < -0.3 is 26.2 Å². The van der Waals surface area contributed by atoms with E-state index in [1.165, 1.54) is 6.07 Å². The number of hydrogen-bond acceptors (Lipinski definition) is 6. The fourth-order valence-corrected chi connectivity index (χ4v) is 4.39. The number of nitrogens with one attached hydrogen (secondary N) is 1. The van der Waals surface area contributed by atoms with Crippen LogP contribution in [-0.2, 0) is 24.2 Å². The van der Waals surface area contributed by atoms with Crippen molar-refractivity contribution in [3.8, 4) is 5.75 Å². The van der Waals surface area contributed by atoms with Gasteiger partial charge in [0.05, 0.1) is 12.5 Å². The summed E-state index contributed by atoms with van der Waals surface area (Å²) in [6, 6.07) is 16.3. The molecule has 0 spiro atoms. The number of pyridine rings is 1. The Morgan fingerprint density at radius 3 is 2.56 bits per heavy atom. The molecule has 1 amide bonds. The number of aromatic nitrogens is 1. The predicted octanol–water partition coefficient (Wildman–Crippen LogP) is 4.26. The molecule has 7 nitrogen and oxygen atoms in total. The first-order valence-electron chi connectivity index (χ1n) is 12.0. The molecule has 0 fully saturated rings. The van der Waals surface area contributed by atoms with E-state index in [9.17, 15) is 15.0 Å². The number of halogens is 1. The molecule has 0 aliphatic heterocycles. The maximum atomic E-state index is 13.0. The number of nitrogens with two attached hydrogens (primary N) is 1. The molecule has 0 unspecified atom stereocenters. The largest absolute Gasteiger partial charge is 0.508 e. The number of aromatic hydroxyl groups is 1. The van der Waals surface area contributed by atoms with Crippen LogP contribution in [0.5, 0.6) is 5.75 Å². The Bertz CT molecular complexity index is 1150. The van der Waals surface area contributed by atoms with Gasteiger partial charge in [0.25, 0.3) is 0 Å². The Morgan fingerprint density at radius 1 is 1.14 bits per heavy atom. The quantitative estimate of drug-likeness (QED) is 0.307. The van der Waals surface area contributed by atoms with Gasteiger partial charge in [0.15, 0.2) is 0 Å². The lowest BCUT2D eigenvalue weighted by atomic mass is 9.93. The van der Waals surface area contributed by atoms with Crippen LogP contribution in [0.2, 0.25) is 5.02 Å². The van der Waals surface area contributed by atoms with Gasteiger partial charge in [-0.25, -0.2) is 4.98 Å². The number of hydrogen-bond donors (Lipinski definition) is 4. The van der Waals surface area contributed by atoms with E-state index in [1.54, 1.807) is 35.4 Å². The number of anilines is 1. The van der Waals surface area contributed by atoms with E-state index >= 15 is 0 Å². The number of carbonyl (C=O) groups is 1. The lowest BCUT2D eigenvalue weighted by molar-refractivity contribution is -0.130. The molecule has 0 aliphatic rings. The zero-order valence-electron chi connectivity index (χ0n) is 21.0. The molecule has 192 valence electrons. The van der Waals surface area contributed by atoms with Crippen LogP contribution in [0.4, 0.5) is 5.82 Å². The summed E-state index contributed by atoms with van der Waals surface area (Å²) in [6.07, 6.45) is 1.90. The van der Waals surface area contributed by atoms with Gasteiger partial charge in [-0.2, -0.15) is 0 Å². The molecule has 1 aromatic heterocycles. The number of nitrogen functional groups attached to an aromatic ring is 1. The monoisotopic (exact) mass is 510 g/mol. The molecule has 1 heterocycles. The molecule has 0 saturated carbocycles. The van der Waals surface area contributed by atoms with E-state index in [1.807, 2.05) is 25.1 Å². The first kappa shape index (κ1) is 27.5. The summed E-state index contributed by atoms with van der Waals surface area (Å²) in [6.45, 7) is 7.40. The fourth-order valence-electron chi connectivity index (χ4n) is 4.13. The van der Waals surface area contributed by atoms with Crippen molar-refractivity contribution < 1.29 is 15.0 Å². The number of aliphatic hydroxyl groups excluding tert-OH is 1. The molecule has 36 heavy (non-hydrogen) atoms. The summed E-state index contributed by atoms with van der Waals surface area (Å²) < 4.78 is 0. The van der Waals surface area contributed by atoms with Crippen LogP contribution >= 0.6 is 11.6 Å². The van der Waals surface area contributed by atoms with E-state index in [0.29, 0.717) is 36.0 Å². The minimum atomic E-state index is -0.692. The number of benzene rings is 2. The number of nitrogens with zero attached hydrogens (tertiary/aromatic N) is 2. The topological polar surface area (TPSA) is 112 Å². The molecular formula is C28H35ClN4O3. The Hall–Kier alpha value is -3.13. The van der Waals surface area contributed by atoms with Crippen molar-refractivity contribution in [3.05, 3.63) is 88.1 Å². The number of β-amino-alcohol motifs (C(OH)–C–C–N with tert-alkyl or cyclic N) is 1. The van der Waals surface area contributed by atoms with Crippen molar-refractivity contribution in [1.82, 2.24) is 15.2 Å². The van der Waals surface area contributed by atoms with Crippen molar-refractivity contribution >= 4 is 23.3 Å². The minimum absolute atomic E-state index is 0.00623. The second kappa shape index (κ2) is 12.2. The number of rotatable bonds is 11. The molecular weight excluding hydrogens is 476 g/mol. The maximum absolute atomic E-state index is 13.0. The lowest BCUT2D eigenvalue weighted by Gasteiger charge is -2.28. The molecule has 5 N–H and O–H groups in total. The summed E-state index contributed by atoms with van der Waals surface area (Å²) in [5, 5.41) is 24.2. The van der Waals surface area contributed by atoms with Gasteiger partial charge in [-0.3, -0.25) is 4.79 Å². The minimum Gasteiger partial charge on any atom is -0.508 e. The summed E-state index contributed by atoms with van der Waals surface area (Å²) >= 11 is 6.04. The predicted molar refractivity (Wildman–Crippen MR) is 144 cm³/mol. The molecule has 3 aromatic rings. The van der Waals surface area contributed by atoms with Gasteiger partial charge in [0.2, 0.25) is 5.91 Å². The molecule has 0 radical (unpaired) electrons. The number of phenols is 1. The summed E-state index contributed by atoms with van der Waals surface area (Å²) in [7, 11) is 0. The second-order valence-electron chi connectivity index (χ2n) is 9.70. The van der Waals surface area contributed by atoms with Crippen molar-refractivity contribution in [1.29, 1.82) is 0 Å². The van der Waals surface area contributed by atoms with Crippen LogP contribution in [0.15, 0.2) is 60.8 Å². The highest BCUT2D eigenvalue weighted by Gasteiger charge is 2.21. The first-order valence-corrected chi connectivity index (χ1v) is 12.4. The zero-order chi connectivity index (χ0) is 26.3. The van der Waals surface area contributed by atoms with Crippen LogP contribution in [-0.4, -0.2) is 44.6 Å². The molecule has 0 saturated heterocycles. The van der Waals surface area contributed by atoms with Gasteiger partial charge in [0.1, 0.15) is 11.6 Å². The van der Waals surface area contributed by atoms with Crippen molar-refractivity contribution in [2.24, 2.45) is 0 Å². The second-order valence-corrected chi connectivity index (χ2v) is 10.1. The highest BCUT2D eigenvalue weighted by molar-refractivity contribution is 6.30. The molecule has 0 bridgehead atoms. The third-order valence-electron chi connectivity index (χ3n) is 6.01. The molecule has 1 atom stereocenters. The van der Waals surface area contributed by atoms with Crippen LogP contribution in [0.25, 0.3) is 0 Å². The maximum Gasteiger partial charge on any atom is 0.227 e. The van der Waals surface area contributed by atoms with Gasteiger partial charge in [-0.15, -0.1) is 0 Å². The highest BCUT2D eigenvalue weighted by Crippen LogP contribution is 2.22. The lowest BCUT2D eigenvalue weighted by Crippen LogP contribution is -2.43.